The first-order valence-electron chi connectivity index (χ1n) is 3.53. The van der Waals surface area contributed by atoms with Crippen LogP contribution in [0, 0.1) is 0 Å². The summed E-state index contributed by atoms with van der Waals surface area (Å²) in [5, 5.41) is 9.32. The molecule has 0 aromatic heterocycles. The minimum absolute atomic E-state index is 0.0243. The van der Waals surface area contributed by atoms with Crippen molar-refractivity contribution in [1.82, 2.24) is 0 Å². The zero-order chi connectivity index (χ0) is 7.78. The fourth-order valence-corrected chi connectivity index (χ4v) is 0.952. The molecule has 0 saturated carbocycles. The Morgan fingerprint density at radius 1 is 1.40 bits per heavy atom. The molecule has 1 aliphatic rings. The normalized spacial score (nSPS) is 49.2. The molecule has 0 spiro atoms. The molecule has 0 aromatic carbocycles. The Morgan fingerprint density at radius 3 is 2.40 bits per heavy atom. The van der Waals surface area contributed by atoms with Gasteiger partial charge in [0.15, 0.2) is 5.79 Å². The van der Waals surface area contributed by atoms with E-state index in [1.54, 1.807) is 6.92 Å². The minimum atomic E-state index is -1.09. The second-order valence-electron chi connectivity index (χ2n) is 3.01. The minimum Gasteiger partial charge on any atom is -0.370 e. The van der Waals surface area contributed by atoms with Gasteiger partial charge in [-0.2, -0.15) is 0 Å². The van der Waals surface area contributed by atoms with Crippen LogP contribution in [0.1, 0.15) is 20.8 Å². The second kappa shape index (κ2) is 2.49. The lowest BCUT2D eigenvalue weighted by atomic mass is 10.2. The first kappa shape index (κ1) is 7.98. The smallest absolute Gasteiger partial charge is 0.186 e. The van der Waals surface area contributed by atoms with Gasteiger partial charge in [-0.15, -0.1) is 0 Å². The third-order valence-corrected chi connectivity index (χ3v) is 1.71. The molecule has 10 heavy (non-hydrogen) atoms. The third kappa shape index (κ3) is 1.68. The average molecular weight is 146 g/mol. The van der Waals surface area contributed by atoms with Gasteiger partial charge in [0.2, 0.25) is 0 Å². The Morgan fingerprint density at radius 2 is 2.00 bits per heavy atom. The topological polar surface area (TPSA) is 38.7 Å². The summed E-state index contributed by atoms with van der Waals surface area (Å²) in [5.41, 5.74) is 0. The Labute approximate surface area is 60.9 Å². The fourth-order valence-electron chi connectivity index (χ4n) is 0.952. The Kier molecular flexibility index (Phi) is 1.99. The van der Waals surface area contributed by atoms with Gasteiger partial charge in [-0.3, -0.25) is 0 Å². The van der Waals surface area contributed by atoms with E-state index in [2.05, 4.69) is 0 Å². The van der Waals surface area contributed by atoms with E-state index >= 15 is 0 Å². The predicted octanol–water partition coefficient (Wildman–Crippen LogP) is 0.519. The Bertz CT molecular complexity index is 122. The molecule has 0 amide bonds. The predicted molar refractivity (Wildman–Crippen MR) is 36.6 cm³/mol. The maximum Gasteiger partial charge on any atom is 0.186 e. The van der Waals surface area contributed by atoms with Crippen LogP contribution in [0.2, 0.25) is 0 Å². The maximum absolute atomic E-state index is 9.32. The van der Waals surface area contributed by atoms with Gasteiger partial charge < -0.3 is 14.6 Å². The summed E-state index contributed by atoms with van der Waals surface area (Å²) in [4.78, 5) is 0. The van der Waals surface area contributed by atoms with Gasteiger partial charge in [0.1, 0.15) is 6.61 Å². The molecule has 1 saturated heterocycles. The monoisotopic (exact) mass is 146 g/mol. The molecule has 3 nitrogen and oxygen atoms in total. The molecule has 0 bridgehead atoms. The molecule has 0 aliphatic carbocycles. The lowest BCUT2D eigenvalue weighted by Gasteiger charge is -2.36. The van der Waals surface area contributed by atoms with E-state index in [0.29, 0.717) is 0 Å². The molecule has 60 valence electrons. The van der Waals surface area contributed by atoms with E-state index in [1.165, 1.54) is 0 Å². The lowest BCUT2D eigenvalue weighted by molar-refractivity contribution is -0.301. The summed E-state index contributed by atoms with van der Waals surface area (Å²) in [6.07, 6.45) is 0.0592. The van der Waals surface area contributed by atoms with Gasteiger partial charge in [-0.05, 0) is 20.8 Å². The highest BCUT2D eigenvalue weighted by Crippen LogP contribution is 2.20. The summed E-state index contributed by atoms with van der Waals surface area (Å²) in [6.45, 7) is 5.69. The quantitative estimate of drug-likeness (QED) is 0.541. The van der Waals surface area contributed by atoms with Crippen molar-refractivity contribution in [1.29, 1.82) is 0 Å². The van der Waals surface area contributed by atoms with Gasteiger partial charge >= 0.3 is 0 Å². The van der Waals surface area contributed by atoms with Gasteiger partial charge in [0.25, 0.3) is 0 Å². The first-order chi connectivity index (χ1) is 4.51. The van der Waals surface area contributed by atoms with Crippen LogP contribution in [0.25, 0.3) is 0 Å². The van der Waals surface area contributed by atoms with Crippen LogP contribution < -0.4 is 0 Å². The van der Waals surface area contributed by atoms with Crippen LogP contribution in [-0.2, 0) is 9.47 Å². The summed E-state index contributed by atoms with van der Waals surface area (Å²) in [5.74, 6) is -1.09. The Hall–Kier alpha value is -0.120. The summed E-state index contributed by atoms with van der Waals surface area (Å²) in [6, 6.07) is 0. The van der Waals surface area contributed by atoms with Crippen molar-refractivity contribution < 1.29 is 14.6 Å². The first-order valence-corrected chi connectivity index (χ1v) is 3.53. The highest BCUT2D eigenvalue weighted by molar-refractivity contribution is 4.72. The Balaban J connectivity index is 2.49. The van der Waals surface area contributed by atoms with Gasteiger partial charge in [-0.1, -0.05) is 0 Å². The van der Waals surface area contributed by atoms with Crippen LogP contribution in [0.4, 0.5) is 0 Å². The van der Waals surface area contributed by atoms with Crippen LogP contribution in [-0.4, -0.2) is 29.7 Å². The molecule has 1 rings (SSSR count). The number of hydrogen-bond acceptors (Lipinski definition) is 3. The van der Waals surface area contributed by atoms with Gasteiger partial charge in [-0.25, -0.2) is 0 Å². The number of hydrogen-bond donors (Lipinski definition) is 1. The van der Waals surface area contributed by atoms with Crippen LogP contribution >= 0.6 is 0 Å². The lowest BCUT2D eigenvalue weighted by Crippen LogP contribution is -2.48. The van der Waals surface area contributed by atoms with Gasteiger partial charge in [0.05, 0.1) is 12.2 Å². The molecule has 1 aliphatic heterocycles. The molecule has 1 N–H and O–H groups in total. The molecule has 3 heteroatoms. The highest BCUT2D eigenvalue weighted by atomic mass is 16.7. The van der Waals surface area contributed by atoms with Crippen molar-refractivity contribution in [2.45, 2.75) is 38.8 Å². The number of aliphatic hydroxyl groups is 1. The molecule has 1 heterocycles. The molecule has 0 aromatic rings. The van der Waals surface area contributed by atoms with Gasteiger partial charge in [0, 0.05) is 0 Å². The van der Waals surface area contributed by atoms with Crippen molar-refractivity contribution in [3.63, 3.8) is 0 Å². The summed E-state index contributed by atoms with van der Waals surface area (Å²) in [7, 11) is 0. The molecule has 1 fully saturated rings. The molecule has 0 radical (unpaired) electrons. The number of ether oxygens (including phenoxy) is 2. The summed E-state index contributed by atoms with van der Waals surface area (Å²) < 4.78 is 10.4. The summed E-state index contributed by atoms with van der Waals surface area (Å²) >= 11 is 0. The zero-order valence-corrected chi connectivity index (χ0v) is 6.63. The fraction of sp³-hybridized carbons (Fsp3) is 1.00. The van der Waals surface area contributed by atoms with Crippen molar-refractivity contribution >= 4 is 0 Å². The largest absolute Gasteiger partial charge is 0.370 e. The molecular formula is C7H14O3. The standard InChI is InChI=1S/C7H14O3/c1-5-6(2)10-7(3,8)4-9-5/h5-6,8H,4H2,1-3H3. The van der Waals surface area contributed by atoms with Crippen molar-refractivity contribution in [2.24, 2.45) is 0 Å². The maximum atomic E-state index is 9.32. The zero-order valence-electron chi connectivity index (χ0n) is 6.63. The SMILES string of the molecule is CC1OCC(C)(O)OC1C. The van der Waals surface area contributed by atoms with Crippen LogP contribution in [0.3, 0.4) is 0 Å². The van der Waals surface area contributed by atoms with E-state index in [9.17, 15) is 5.11 Å². The van der Waals surface area contributed by atoms with Crippen LogP contribution in [0.15, 0.2) is 0 Å². The number of rotatable bonds is 0. The van der Waals surface area contributed by atoms with E-state index in [-0.39, 0.29) is 18.8 Å². The van der Waals surface area contributed by atoms with Crippen molar-refractivity contribution in [2.75, 3.05) is 6.61 Å². The second-order valence-corrected chi connectivity index (χ2v) is 3.01. The molecule has 3 atom stereocenters. The van der Waals surface area contributed by atoms with E-state index in [0.717, 1.165) is 0 Å². The molecule has 3 unspecified atom stereocenters. The molecular weight excluding hydrogens is 132 g/mol. The van der Waals surface area contributed by atoms with Crippen LogP contribution in [0.5, 0.6) is 0 Å². The van der Waals surface area contributed by atoms with E-state index in [1.807, 2.05) is 13.8 Å². The third-order valence-electron chi connectivity index (χ3n) is 1.71. The van der Waals surface area contributed by atoms with Crippen molar-refractivity contribution in [3.05, 3.63) is 0 Å². The van der Waals surface area contributed by atoms with E-state index < -0.39 is 5.79 Å². The highest BCUT2D eigenvalue weighted by Gasteiger charge is 2.33. The van der Waals surface area contributed by atoms with E-state index in [4.69, 9.17) is 9.47 Å². The average Bonchev–Trinajstić information content (AvgIpc) is 1.79. The van der Waals surface area contributed by atoms with Crippen molar-refractivity contribution in [3.8, 4) is 0 Å².